The topological polar surface area (TPSA) is 24.9 Å². The van der Waals surface area contributed by atoms with Gasteiger partial charge < -0.3 is 5.32 Å². The minimum Gasteiger partial charge on any atom is -0.311 e. The lowest BCUT2D eigenvalue weighted by Crippen LogP contribution is -2.16. The van der Waals surface area contributed by atoms with Gasteiger partial charge in [-0.2, -0.15) is 0 Å². The number of aromatic nitrogens is 1. The van der Waals surface area contributed by atoms with Gasteiger partial charge in [0.25, 0.3) is 0 Å². The Morgan fingerprint density at radius 3 is 2.75 bits per heavy atom. The normalized spacial score (nSPS) is 11.8. The number of hydrogen-bond donors (Lipinski definition) is 1. The molecule has 108 valence electrons. The van der Waals surface area contributed by atoms with E-state index in [1.54, 1.807) is 23.5 Å². The molecular formula is C16H21FN2S. The number of hydrogen-bond acceptors (Lipinski definition) is 3. The first-order valence-electron chi connectivity index (χ1n) is 6.85. The molecule has 1 heterocycles. The van der Waals surface area contributed by atoms with Crippen LogP contribution in [0.4, 0.5) is 4.39 Å². The fourth-order valence-corrected chi connectivity index (χ4v) is 2.81. The molecule has 2 aromatic rings. The molecule has 1 N–H and O–H groups in total. The van der Waals surface area contributed by atoms with Crippen LogP contribution in [0.5, 0.6) is 0 Å². The molecular weight excluding hydrogens is 271 g/mol. The molecule has 2 nitrogen and oxygen atoms in total. The van der Waals surface area contributed by atoms with E-state index in [1.807, 2.05) is 12.3 Å². The van der Waals surface area contributed by atoms with Crippen LogP contribution >= 0.6 is 11.3 Å². The zero-order chi connectivity index (χ0) is 14.6. The third-order valence-corrected chi connectivity index (χ3v) is 4.40. The van der Waals surface area contributed by atoms with E-state index in [9.17, 15) is 4.39 Å². The lowest BCUT2D eigenvalue weighted by molar-refractivity contribution is 0.585. The molecule has 0 aliphatic carbocycles. The molecule has 0 unspecified atom stereocenters. The number of benzene rings is 1. The Morgan fingerprint density at radius 2 is 2.10 bits per heavy atom. The Balaban J connectivity index is 1.77. The SMILES string of the molecule is CC(C)(C)c1ncc(CNCCc2cccc(F)c2)s1. The molecule has 1 aromatic heterocycles. The number of halogens is 1. The van der Waals surface area contributed by atoms with Crippen LogP contribution in [-0.2, 0) is 18.4 Å². The Bertz CT molecular complexity index is 558. The number of rotatable bonds is 5. The standard InChI is InChI=1S/C16H21FN2S/c1-16(2,3)15-19-11-14(20-15)10-18-8-7-12-5-4-6-13(17)9-12/h4-6,9,11,18H,7-8,10H2,1-3H3. The highest BCUT2D eigenvalue weighted by Crippen LogP contribution is 2.26. The van der Waals surface area contributed by atoms with E-state index in [-0.39, 0.29) is 11.2 Å². The second-order valence-electron chi connectivity index (χ2n) is 5.94. The predicted molar refractivity (Wildman–Crippen MR) is 82.6 cm³/mol. The maximum absolute atomic E-state index is 13.0. The van der Waals surface area contributed by atoms with Crippen LogP contribution in [0.2, 0.25) is 0 Å². The lowest BCUT2D eigenvalue weighted by Gasteiger charge is -2.13. The molecule has 4 heteroatoms. The van der Waals surface area contributed by atoms with Crippen molar-refractivity contribution in [3.63, 3.8) is 0 Å². The summed E-state index contributed by atoms with van der Waals surface area (Å²) in [6.45, 7) is 8.18. The molecule has 1 aromatic carbocycles. The summed E-state index contributed by atoms with van der Waals surface area (Å²) in [6.07, 6.45) is 2.78. The predicted octanol–water partition coefficient (Wildman–Crippen LogP) is 3.91. The summed E-state index contributed by atoms with van der Waals surface area (Å²) >= 11 is 1.75. The summed E-state index contributed by atoms with van der Waals surface area (Å²) in [7, 11) is 0. The van der Waals surface area contributed by atoms with Crippen LogP contribution < -0.4 is 5.32 Å². The zero-order valence-corrected chi connectivity index (χ0v) is 13.1. The Hall–Kier alpha value is -1.26. The third kappa shape index (κ3) is 4.39. The minimum absolute atomic E-state index is 0.116. The van der Waals surface area contributed by atoms with Crippen molar-refractivity contribution in [2.75, 3.05) is 6.54 Å². The van der Waals surface area contributed by atoms with Crippen molar-refractivity contribution in [3.8, 4) is 0 Å². The first kappa shape index (κ1) is 15.1. The van der Waals surface area contributed by atoms with Gasteiger partial charge in [0.05, 0.1) is 5.01 Å². The summed E-state index contributed by atoms with van der Waals surface area (Å²) in [5.41, 5.74) is 1.14. The van der Waals surface area contributed by atoms with Gasteiger partial charge >= 0.3 is 0 Å². The molecule has 0 fully saturated rings. The third-order valence-electron chi connectivity index (χ3n) is 2.97. The minimum atomic E-state index is -0.167. The molecule has 0 atom stereocenters. The molecule has 0 spiro atoms. The van der Waals surface area contributed by atoms with Crippen LogP contribution in [0.3, 0.4) is 0 Å². The van der Waals surface area contributed by atoms with Gasteiger partial charge in [-0.05, 0) is 30.7 Å². The highest BCUT2D eigenvalue weighted by molar-refractivity contribution is 7.11. The number of thiazole rings is 1. The van der Waals surface area contributed by atoms with E-state index >= 15 is 0 Å². The van der Waals surface area contributed by atoms with Crippen LogP contribution in [0.25, 0.3) is 0 Å². The molecule has 0 bridgehead atoms. The molecule has 0 saturated heterocycles. The molecule has 0 radical (unpaired) electrons. The summed E-state index contributed by atoms with van der Waals surface area (Å²) in [6, 6.07) is 6.77. The highest BCUT2D eigenvalue weighted by Gasteiger charge is 2.17. The van der Waals surface area contributed by atoms with E-state index < -0.39 is 0 Å². The first-order chi connectivity index (χ1) is 9.45. The monoisotopic (exact) mass is 292 g/mol. The average molecular weight is 292 g/mol. The molecule has 0 aliphatic rings. The quantitative estimate of drug-likeness (QED) is 0.845. The Morgan fingerprint density at radius 1 is 1.30 bits per heavy atom. The summed E-state index contributed by atoms with van der Waals surface area (Å²) in [5, 5.41) is 4.55. The molecule has 20 heavy (non-hydrogen) atoms. The zero-order valence-electron chi connectivity index (χ0n) is 12.2. The lowest BCUT2D eigenvalue weighted by atomic mass is 9.98. The van der Waals surface area contributed by atoms with Crippen molar-refractivity contribution in [2.45, 2.75) is 39.2 Å². The summed E-state index contributed by atoms with van der Waals surface area (Å²) in [5.74, 6) is -0.167. The van der Waals surface area contributed by atoms with Crippen LogP contribution in [0, 0.1) is 5.82 Å². The van der Waals surface area contributed by atoms with Crippen molar-refractivity contribution < 1.29 is 4.39 Å². The van der Waals surface area contributed by atoms with E-state index in [0.717, 1.165) is 25.1 Å². The van der Waals surface area contributed by atoms with Crippen LogP contribution in [0.1, 0.15) is 36.2 Å². The van der Waals surface area contributed by atoms with Crippen molar-refractivity contribution >= 4 is 11.3 Å². The van der Waals surface area contributed by atoms with Crippen LogP contribution in [-0.4, -0.2) is 11.5 Å². The summed E-state index contributed by atoms with van der Waals surface area (Å²) in [4.78, 5) is 5.71. The van der Waals surface area contributed by atoms with E-state index in [2.05, 4.69) is 31.1 Å². The van der Waals surface area contributed by atoms with Gasteiger partial charge in [-0.1, -0.05) is 32.9 Å². The van der Waals surface area contributed by atoms with Gasteiger partial charge in [-0.25, -0.2) is 9.37 Å². The molecule has 0 saturated carbocycles. The van der Waals surface area contributed by atoms with Crippen molar-refractivity contribution in [3.05, 3.63) is 51.7 Å². The molecule has 2 rings (SSSR count). The maximum atomic E-state index is 13.0. The molecule has 0 aliphatic heterocycles. The maximum Gasteiger partial charge on any atom is 0.123 e. The van der Waals surface area contributed by atoms with Gasteiger partial charge in [0.1, 0.15) is 5.82 Å². The van der Waals surface area contributed by atoms with E-state index in [4.69, 9.17) is 0 Å². The van der Waals surface area contributed by atoms with Gasteiger partial charge in [-0.3, -0.25) is 0 Å². The van der Waals surface area contributed by atoms with E-state index in [1.165, 1.54) is 16.0 Å². The number of nitrogens with zero attached hydrogens (tertiary/aromatic N) is 1. The summed E-state index contributed by atoms with van der Waals surface area (Å²) < 4.78 is 13.0. The van der Waals surface area contributed by atoms with E-state index in [0.29, 0.717) is 0 Å². The average Bonchev–Trinajstić information content (AvgIpc) is 2.83. The smallest absolute Gasteiger partial charge is 0.123 e. The Labute approximate surface area is 124 Å². The first-order valence-corrected chi connectivity index (χ1v) is 7.67. The fourth-order valence-electron chi connectivity index (χ4n) is 1.87. The fraction of sp³-hybridized carbons (Fsp3) is 0.438. The Kier molecular flexibility index (Phi) is 4.89. The number of nitrogens with one attached hydrogen (secondary N) is 1. The molecule has 0 amide bonds. The van der Waals surface area contributed by atoms with Gasteiger partial charge in [0, 0.05) is 23.0 Å². The second kappa shape index (κ2) is 6.46. The largest absolute Gasteiger partial charge is 0.311 e. The van der Waals surface area contributed by atoms with Gasteiger partial charge in [0.15, 0.2) is 0 Å². The van der Waals surface area contributed by atoms with Gasteiger partial charge in [0.2, 0.25) is 0 Å². The van der Waals surface area contributed by atoms with Crippen molar-refractivity contribution in [1.29, 1.82) is 0 Å². The highest BCUT2D eigenvalue weighted by atomic mass is 32.1. The van der Waals surface area contributed by atoms with Gasteiger partial charge in [-0.15, -0.1) is 11.3 Å². The second-order valence-corrected chi connectivity index (χ2v) is 7.05. The van der Waals surface area contributed by atoms with Crippen molar-refractivity contribution in [1.82, 2.24) is 10.3 Å². The van der Waals surface area contributed by atoms with Crippen molar-refractivity contribution in [2.24, 2.45) is 0 Å². The van der Waals surface area contributed by atoms with Crippen LogP contribution in [0.15, 0.2) is 30.5 Å².